The molecule has 106 valence electrons. The van der Waals surface area contributed by atoms with Crippen molar-refractivity contribution in [2.75, 3.05) is 24.4 Å². The molecule has 0 aliphatic carbocycles. The Balaban J connectivity index is 2.17. The van der Waals surface area contributed by atoms with Crippen LogP contribution in [0.25, 0.3) is 0 Å². The van der Waals surface area contributed by atoms with Gasteiger partial charge in [0.1, 0.15) is 6.07 Å². The van der Waals surface area contributed by atoms with Crippen molar-refractivity contribution in [3.8, 4) is 6.07 Å². The predicted molar refractivity (Wildman–Crippen MR) is 77.3 cm³/mol. The Bertz CT molecular complexity index is 679. The molecule has 1 aromatic heterocycles. The SMILES string of the molecule is COC(=O)N(C)c1ccc(Nc2nccnc2C#N)cc1. The molecule has 0 unspecified atom stereocenters. The molecular weight excluding hydrogens is 270 g/mol. The van der Waals surface area contributed by atoms with E-state index in [2.05, 4.69) is 20.0 Å². The summed E-state index contributed by atoms with van der Waals surface area (Å²) in [5, 5.41) is 12.0. The fraction of sp³-hybridized carbons (Fsp3) is 0.143. The summed E-state index contributed by atoms with van der Waals surface area (Å²) in [4.78, 5) is 20.8. The average Bonchev–Trinajstić information content (AvgIpc) is 2.54. The van der Waals surface area contributed by atoms with Gasteiger partial charge in [0.2, 0.25) is 0 Å². The fourth-order valence-electron chi connectivity index (χ4n) is 1.66. The minimum atomic E-state index is -0.448. The van der Waals surface area contributed by atoms with E-state index in [9.17, 15) is 4.79 Å². The van der Waals surface area contributed by atoms with Gasteiger partial charge in [-0.3, -0.25) is 4.90 Å². The summed E-state index contributed by atoms with van der Waals surface area (Å²) in [6.45, 7) is 0. The monoisotopic (exact) mass is 283 g/mol. The zero-order valence-electron chi connectivity index (χ0n) is 11.6. The molecular formula is C14H13N5O2. The molecule has 0 spiro atoms. The standard InChI is InChI=1S/C14H13N5O2/c1-19(14(20)21-2)11-5-3-10(4-6-11)18-13-12(9-15)16-7-8-17-13/h3-8H,1-2H3,(H,17,18). The summed E-state index contributed by atoms with van der Waals surface area (Å²) in [6, 6.07) is 9.00. The van der Waals surface area contributed by atoms with Gasteiger partial charge >= 0.3 is 6.09 Å². The number of nitrogens with one attached hydrogen (secondary N) is 1. The van der Waals surface area contributed by atoms with Crippen LogP contribution in [-0.4, -0.2) is 30.2 Å². The molecule has 0 saturated heterocycles. The predicted octanol–water partition coefficient (Wildman–Crippen LogP) is 2.29. The largest absolute Gasteiger partial charge is 0.452 e. The third kappa shape index (κ3) is 3.25. The van der Waals surface area contributed by atoms with Crippen LogP contribution in [0, 0.1) is 11.3 Å². The van der Waals surface area contributed by atoms with Gasteiger partial charge in [0.05, 0.1) is 7.11 Å². The van der Waals surface area contributed by atoms with Crippen LogP contribution < -0.4 is 10.2 Å². The number of ether oxygens (including phenoxy) is 1. The summed E-state index contributed by atoms with van der Waals surface area (Å²) >= 11 is 0. The molecule has 0 atom stereocenters. The molecule has 1 N–H and O–H groups in total. The first kappa shape index (κ1) is 14.3. The molecule has 0 aliphatic heterocycles. The van der Waals surface area contributed by atoms with Crippen molar-refractivity contribution in [1.29, 1.82) is 5.26 Å². The number of carbonyl (C=O) groups excluding carboxylic acids is 1. The van der Waals surface area contributed by atoms with Gasteiger partial charge in [-0.15, -0.1) is 0 Å². The van der Waals surface area contributed by atoms with Crippen molar-refractivity contribution >= 4 is 23.3 Å². The van der Waals surface area contributed by atoms with Gasteiger partial charge in [-0.2, -0.15) is 5.26 Å². The molecule has 0 saturated carbocycles. The van der Waals surface area contributed by atoms with Gasteiger partial charge in [-0.25, -0.2) is 14.8 Å². The number of nitriles is 1. The molecule has 0 aliphatic rings. The van der Waals surface area contributed by atoms with Crippen LogP contribution in [0.4, 0.5) is 22.0 Å². The number of nitrogens with zero attached hydrogens (tertiary/aromatic N) is 4. The topological polar surface area (TPSA) is 91.1 Å². The molecule has 2 aromatic rings. The van der Waals surface area contributed by atoms with Gasteiger partial charge in [-0.1, -0.05) is 0 Å². The molecule has 2 rings (SSSR count). The van der Waals surface area contributed by atoms with E-state index in [1.807, 2.05) is 6.07 Å². The van der Waals surface area contributed by atoms with Crippen molar-refractivity contribution in [1.82, 2.24) is 9.97 Å². The lowest BCUT2D eigenvalue weighted by molar-refractivity contribution is 0.180. The van der Waals surface area contributed by atoms with E-state index >= 15 is 0 Å². The normalized spacial score (nSPS) is 9.57. The fourth-order valence-corrected chi connectivity index (χ4v) is 1.66. The van der Waals surface area contributed by atoms with E-state index in [-0.39, 0.29) is 5.69 Å². The lowest BCUT2D eigenvalue weighted by Gasteiger charge is -2.16. The van der Waals surface area contributed by atoms with Gasteiger partial charge in [0.25, 0.3) is 0 Å². The van der Waals surface area contributed by atoms with Gasteiger partial charge in [-0.05, 0) is 24.3 Å². The quantitative estimate of drug-likeness (QED) is 0.929. The van der Waals surface area contributed by atoms with Gasteiger partial charge in [0, 0.05) is 30.8 Å². The van der Waals surface area contributed by atoms with Crippen LogP contribution in [0.1, 0.15) is 5.69 Å². The maximum atomic E-state index is 11.4. The number of amides is 1. The number of carbonyl (C=O) groups is 1. The zero-order valence-corrected chi connectivity index (χ0v) is 11.6. The van der Waals surface area contributed by atoms with Crippen LogP contribution in [-0.2, 0) is 4.74 Å². The van der Waals surface area contributed by atoms with Gasteiger partial charge in [0.15, 0.2) is 11.5 Å². The van der Waals surface area contributed by atoms with Gasteiger partial charge < -0.3 is 10.1 Å². The third-order valence-electron chi connectivity index (χ3n) is 2.77. The maximum Gasteiger partial charge on any atom is 0.413 e. The smallest absolute Gasteiger partial charge is 0.413 e. The Labute approximate surface area is 121 Å². The Morgan fingerprint density at radius 3 is 2.57 bits per heavy atom. The molecule has 0 bridgehead atoms. The van der Waals surface area contributed by atoms with Crippen LogP contribution >= 0.6 is 0 Å². The first-order chi connectivity index (χ1) is 10.2. The van der Waals surface area contributed by atoms with Crippen LogP contribution in [0.5, 0.6) is 0 Å². The molecule has 1 aromatic carbocycles. The van der Waals surface area contributed by atoms with E-state index in [1.54, 1.807) is 31.3 Å². The minimum absolute atomic E-state index is 0.216. The molecule has 7 nitrogen and oxygen atoms in total. The molecule has 7 heteroatoms. The van der Waals surface area contributed by atoms with Crippen molar-refractivity contribution < 1.29 is 9.53 Å². The summed E-state index contributed by atoms with van der Waals surface area (Å²) in [5.41, 5.74) is 1.63. The number of anilines is 3. The second kappa shape index (κ2) is 6.34. The number of benzene rings is 1. The molecule has 1 amide bonds. The first-order valence-electron chi connectivity index (χ1n) is 6.05. The molecule has 1 heterocycles. The lowest BCUT2D eigenvalue weighted by Crippen LogP contribution is -2.25. The van der Waals surface area contributed by atoms with Crippen molar-refractivity contribution in [2.45, 2.75) is 0 Å². The Morgan fingerprint density at radius 2 is 1.95 bits per heavy atom. The second-order valence-corrected chi connectivity index (χ2v) is 4.07. The van der Waals surface area contributed by atoms with Crippen molar-refractivity contribution in [3.05, 3.63) is 42.4 Å². The number of aromatic nitrogens is 2. The highest BCUT2D eigenvalue weighted by Gasteiger charge is 2.10. The van der Waals surface area contributed by atoms with Crippen molar-refractivity contribution in [3.63, 3.8) is 0 Å². The Morgan fingerprint density at radius 1 is 1.29 bits per heavy atom. The van der Waals surface area contributed by atoms with Crippen molar-refractivity contribution in [2.24, 2.45) is 0 Å². The summed E-state index contributed by atoms with van der Waals surface area (Å²) < 4.78 is 4.64. The molecule has 0 fully saturated rings. The highest BCUT2D eigenvalue weighted by molar-refractivity contribution is 5.87. The minimum Gasteiger partial charge on any atom is -0.452 e. The third-order valence-corrected chi connectivity index (χ3v) is 2.77. The maximum absolute atomic E-state index is 11.4. The summed E-state index contributed by atoms with van der Waals surface area (Å²) in [6.07, 6.45) is 2.51. The molecule has 0 radical (unpaired) electrons. The summed E-state index contributed by atoms with van der Waals surface area (Å²) in [5.74, 6) is 0.383. The van der Waals surface area contributed by atoms with E-state index < -0.39 is 6.09 Å². The molecule has 21 heavy (non-hydrogen) atoms. The number of hydrogen-bond acceptors (Lipinski definition) is 6. The zero-order chi connectivity index (χ0) is 15.2. The van der Waals surface area contributed by atoms with E-state index in [4.69, 9.17) is 5.26 Å². The van der Waals surface area contributed by atoms with E-state index in [1.165, 1.54) is 24.4 Å². The lowest BCUT2D eigenvalue weighted by atomic mass is 10.2. The Hall–Kier alpha value is -3.14. The first-order valence-corrected chi connectivity index (χ1v) is 6.05. The average molecular weight is 283 g/mol. The van der Waals surface area contributed by atoms with Crippen LogP contribution in [0.2, 0.25) is 0 Å². The highest BCUT2D eigenvalue weighted by atomic mass is 16.5. The second-order valence-electron chi connectivity index (χ2n) is 4.07. The van der Waals surface area contributed by atoms with E-state index in [0.717, 1.165) is 5.69 Å². The van der Waals surface area contributed by atoms with Crippen LogP contribution in [0.15, 0.2) is 36.7 Å². The number of rotatable bonds is 3. The number of hydrogen-bond donors (Lipinski definition) is 1. The Kier molecular flexibility index (Phi) is 4.31. The summed E-state index contributed by atoms with van der Waals surface area (Å²) in [7, 11) is 2.94. The highest BCUT2D eigenvalue weighted by Crippen LogP contribution is 2.20. The van der Waals surface area contributed by atoms with Crippen LogP contribution in [0.3, 0.4) is 0 Å². The number of methoxy groups -OCH3 is 1. The van der Waals surface area contributed by atoms with E-state index in [0.29, 0.717) is 11.5 Å².